The summed E-state index contributed by atoms with van der Waals surface area (Å²) in [5.74, 6) is -0.260. The average molecular weight is 323 g/mol. The van der Waals surface area contributed by atoms with E-state index >= 15 is 0 Å². The first-order valence-electron chi connectivity index (χ1n) is 7.51. The molecule has 1 aromatic carbocycles. The molecule has 0 radical (unpaired) electrons. The number of nitrogens with one attached hydrogen (secondary N) is 3. The molecule has 3 aromatic rings. The lowest BCUT2D eigenvalue weighted by molar-refractivity contribution is 0.628. The molecule has 5 nitrogen and oxygen atoms in total. The highest BCUT2D eigenvalue weighted by molar-refractivity contribution is 5.96. The van der Waals surface area contributed by atoms with Crippen LogP contribution in [0.3, 0.4) is 0 Å². The molecule has 0 fully saturated rings. The number of nitrogens with two attached hydrogens (primary N) is 1. The standard InChI is InChI=1S/C18H18FN5/c1-11(20)6-15(21)9-22-16-7-13-8-17(24-18(13)23-10-16)12-2-4-14(19)5-3-12/h2-8,10,21-22H,9,20H2,1H3,(H,23,24)/b11-6-,21-15?. The van der Waals surface area contributed by atoms with Crippen molar-refractivity contribution < 1.29 is 4.39 Å². The molecule has 0 saturated carbocycles. The Balaban J connectivity index is 1.80. The van der Waals surface area contributed by atoms with Gasteiger partial charge in [-0.1, -0.05) is 0 Å². The third-order valence-corrected chi connectivity index (χ3v) is 3.51. The van der Waals surface area contributed by atoms with Crippen LogP contribution in [0.1, 0.15) is 6.92 Å². The molecule has 2 aromatic heterocycles. The van der Waals surface area contributed by atoms with Crippen molar-refractivity contribution in [2.45, 2.75) is 6.92 Å². The van der Waals surface area contributed by atoms with Gasteiger partial charge in [0.25, 0.3) is 0 Å². The Hall–Kier alpha value is -3.15. The fraction of sp³-hybridized carbons (Fsp3) is 0.111. The molecule has 24 heavy (non-hydrogen) atoms. The summed E-state index contributed by atoms with van der Waals surface area (Å²) in [6.45, 7) is 2.12. The first kappa shape index (κ1) is 15.7. The lowest BCUT2D eigenvalue weighted by Gasteiger charge is -2.05. The van der Waals surface area contributed by atoms with Crippen molar-refractivity contribution in [2.24, 2.45) is 5.73 Å². The van der Waals surface area contributed by atoms with Crippen LogP contribution < -0.4 is 11.1 Å². The van der Waals surface area contributed by atoms with Crippen LogP contribution in [0.25, 0.3) is 22.3 Å². The van der Waals surface area contributed by atoms with E-state index in [9.17, 15) is 4.39 Å². The van der Waals surface area contributed by atoms with Gasteiger partial charge in [0.1, 0.15) is 11.5 Å². The highest BCUT2D eigenvalue weighted by Crippen LogP contribution is 2.25. The zero-order valence-corrected chi connectivity index (χ0v) is 13.2. The van der Waals surface area contributed by atoms with Crippen molar-refractivity contribution in [3.05, 3.63) is 60.2 Å². The molecule has 0 aliphatic heterocycles. The van der Waals surface area contributed by atoms with Crippen LogP contribution in [0.2, 0.25) is 0 Å². The van der Waals surface area contributed by atoms with Gasteiger partial charge in [-0.25, -0.2) is 9.37 Å². The SMILES string of the molecule is C/C(N)=C/C(=N)CNc1cnc2[nH]c(-c3ccc(F)cc3)cc2c1. The van der Waals surface area contributed by atoms with E-state index in [0.717, 1.165) is 28.0 Å². The summed E-state index contributed by atoms with van der Waals surface area (Å²) in [6.07, 6.45) is 3.32. The van der Waals surface area contributed by atoms with Crippen LogP contribution in [0.4, 0.5) is 10.1 Å². The van der Waals surface area contributed by atoms with Gasteiger partial charge in [0.15, 0.2) is 0 Å². The normalized spacial score (nSPS) is 11.7. The maximum absolute atomic E-state index is 13.0. The maximum atomic E-state index is 13.0. The highest BCUT2D eigenvalue weighted by atomic mass is 19.1. The Morgan fingerprint density at radius 3 is 2.79 bits per heavy atom. The number of anilines is 1. The van der Waals surface area contributed by atoms with Gasteiger partial charge in [-0.05, 0) is 55.0 Å². The summed E-state index contributed by atoms with van der Waals surface area (Å²) >= 11 is 0. The Bertz CT molecular complexity index is 905. The molecule has 5 N–H and O–H groups in total. The van der Waals surface area contributed by atoms with E-state index < -0.39 is 0 Å². The second kappa shape index (κ2) is 6.54. The number of hydrogen-bond acceptors (Lipinski definition) is 4. The molecule has 6 heteroatoms. The molecule has 122 valence electrons. The van der Waals surface area contributed by atoms with Crippen molar-refractivity contribution in [3.63, 3.8) is 0 Å². The predicted molar refractivity (Wildman–Crippen MR) is 95.6 cm³/mol. The molecule has 0 aliphatic carbocycles. The Morgan fingerprint density at radius 2 is 2.08 bits per heavy atom. The number of H-pyrrole nitrogens is 1. The third-order valence-electron chi connectivity index (χ3n) is 3.51. The molecule has 3 rings (SSSR count). The van der Waals surface area contributed by atoms with E-state index in [1.807, 2.05) is 12.1 Å². The van der Waals surface area contributed by atoms with Gasteiger partial charge in [0.2, 0.25) is 0 Å². The number of nitrogens with zero attached hydrogens (tertiary/aromatic N) is 1. The number of fused-ring (bicyclic) bond motifs is 1. The van der Waals surface area contributed by atoms with E-state index in [0.29, 0.717) is 18.0 Å². The first-order valence-corrected chi connectivity index (χ1v) is 7.51. The molecule has 0 spiro atoms. The van der Waals surface area contributed by atoms with Gasteiger partial charge < -0.3 is 21.4 Å². The highest BCUT2D eigenvalue weighted by Gasteiger charge is 2.06. The van der Waals surface area contributed by atoms with Crippen LogP contribution in [-0.2, 0) is 0 Å². The summed E-state index contributed by atoms with van der Waals surface area (Å²) in [4.78, 5) is 7.60. The molecular weight excluding hydrogens is 305 g/mol. The predicted octanol–water partition coefficient (Wildman–Crippen LogP) is 3.66. The maximum Gasteiger partial charge on any atom is 0.137 e. The van der Waals surface area contributed by atoms with Gasteiger partial charge in [-0.15, -0.1) is 0 Å². The van der Waals surface area contributed by atoms with Crippen LogP contribution in [0, 0.1) is 11.2 Å². The van der Waals surface area contributed by atoms with Gasteiger partial charge in [-0.3, -0.25) is 0 Å². The van der Waals surface area contributed by atoms with E-state index in [1.165, 1.54) is 12.1 Å². The van der Waals surface area contributed by atoms with E-state index in [2.05, 4.69) is 15.3 Å². The minimum atomic E-state index is -0.260. The number of benzene rings is 1. The summed E-state index contributed by atoms with van der Waals surface area (Å²) in [5, 5.41) is 11.9. The second-order valence-corrected chi connectivity index (χ2v) is 5.62. The van der Waals surface area contributed by atoms with Gasteiger partial charge in [0.05, 0.1) is 24.1 Å². The van der Waals surface area contributed by atoms with Gasteiger partial charge in [0, 0.05) is 16.8 Å². The molecule has 0 saturated heterocycles. The fourth-order valence-electron chi connectivity index (χ4n) is 2.42. The number of aromatic amines is 1. The molecule has 0 bridgehead atoms. The second-order valence-electron chi connectivity index (χ2n) is 5.62. The lowest BCUT2D eigenvalue weighted by atomic mass is 10.1. The van der Waals surface area contributed by atoms with Crippen LogP contribution in [0.15, 0.2) is 54.4 Å². The summed E-state index contributed by atoms with van der Waals surface area (Å²) in [6, 6.07) is 10.2. The van der Waals surface area contributed by atoms with Crippen LogP contribution in [-0.4, -0.2) is 22.2 Å². The Morgan fingerprint density at radius 1 is 1.33 bits per heavy atom. The molecule has 0 amide bonds. The van der Waals surface area contributed by atoms with Crippen molar-refractivity contribution in [1.29, 1.82) is 5.41 Å². The van der Waals surface area contributed by atoms with Crippen molar-refractivity contribution in [2.75, 3.05) is 11.9 Å². The van der Waals surface area contributed by atoms with Crippen LogP contribution in [0.5, 0.6) is 0 Å². The zero-order chi connectivity index (χ0) is 17.1. The number of hydrogen-bond donors (Lipinski definition) is 4. The number of rotatable bonds is 5. The fourth-order valence-corrected chi connectivity index (χ4v) is 2.42. The number of aromatic nitrogens is 2. The monoisotopic (exact) mass is 323 g/mol. The summed E-state index contributed by atoms with van der Waals surface area (Å²) in [5.41, 5.74) is 9.91. The summed E-state index contributed by atoms with van der Waals surface area (Å²) in [7, 11) is 0. The van der Waals surface area contributed by atoms with E-state index in [4.69, 9.17) is 11.1 Å². The van der Waals surface area contributed by atoms with E-state index in [-0.39, 0.29) is 5.82 Å². The largest absolute Gasteiger partial charge is 0.402 e. The van der Waals surface area contributed by atoms with Gasteiger partial charge >= 0.3 is 0 Å². The topological polar surface area (TPSA) is 90.6 Å². The first-order chi connectivity index (χ1) is 11.5. The Labute approximate surface area is 138 Å². The molecular formula is C18H18FN5. The van der Waals surface area contributed by atoms with Crippen molar-refractivity contribution in [1.82, 2.24) is 9.97 Å². The van der Waals surface area contributed by atoms with Crippen molar-refractivity contribution >= 4 is 22.4 Å². The van der Waals surface area contributed by atoms with Gasteiger partial charge in [-0.2, -0.15) is 0 Å². The minimum Gasteiger partial charge on any atom is -0.402 e. The zero-order valence-electron chi connectivity index (χ0n) is 13.2. The van der Waals surface area contributed by atoms with Crippen molar-refractivity contribution in [3.8, 4) is 11.3 Å². The smallest absolute Gasteiger partial charge is 0.137 e. The Kier molecular flexibility index (Phi) is 4.29. The summed E-state index contributed by atoms with van der Waals surface area (Å²) < 4.78 is 13.0. The molecule has 2 heterocycles. The van der Waals surface area contributed by atoms with E-state index in [1.54, 1.807) is 31.3 Å². The lowest BCUT2D eigenvalue weighted by Crippen LogP contribution is -2.12. The number of pyridine rings is 1. The quantitative estimate of drug-likeness (QED) is 0.540. The third kappa shape index (κ3) is 3.60. The molecule has 0 atom stereocenters. The number of allylic oxidation sites excluding steroid dienone is 1. The number of halogens is 1. The van der Waals surface area contributed by atoms with Crippen LogP contribution >= 0.6 is 0 Å². The average Bonchev–Trinajstić information content (AvgIpc) is 2.96. The minimum absolute atomic E-state index is 0.260. The molecule has 0 unspecified atom stereocenters. The molecule has 0 aliphatic rings.